The number of aliphatic hydroxyl groups excluding tert-OH is 9. The van der Waals surface area contributed by atoms with Crippen LogP contribution in [-0.4, -0.2) is 166 Å². The third-order valence-electron chi connectivity index (χ3n) is 14.2. The topological polar surface area (TPSA) is 357 Å². The number of ether oxygens (including phenoxy) is 3. The van der Waals surface area contributed by atoms with Crippen LogP contribution in [0.2, 0.25) is 0 Å². The molecule has 2 aliphatic rings. The fourth-order valence-corrected chi connectivity index (χ4v) is 9.24. The Morgan fingerprint density at radius 1 is 0.797 bits per heavy atom. The van der Waals surface area contributed by atoms with Crippen molar-refractivity contribution in [1.82, 2.24) is 5.32 Å². The number of hydrogen-bond acceptors (Lipinski definition) is 17. The standard InChI is InChI=1S/C54H90N2O18/c1-32-16-12-13-20-49(67)73-51(35(4)17-11-9-7-8-10-14-23-56-53(55)70)36(5)19-15-18-33(2)43(60)26-39(58)24-38(57)25-40(72-50(68)30-48(65)66)27-41-28-46(63)52(69)54(71,74-41)31-47(64)34(3)21-22-42(59)37(6)45(62)29-44(32)61/h7-8,12-13,15-16,18-20,32,34-47,51-52,57-64,69,71H,9-11,14,17,21-31H2,1-6H3,(H,65,66)(H3,55,56,70). The van der Waals surface area contributed by atoms with Crippen LogP contribution in [0.25, 0.3) is 0 Å². The fraction of sp³-hybridized carbons (Fsp3) is 0.741. The van der Waals surface area contributed by atoms with Crippen LogP contribution >= 0.6 is 0 Å². The van der Waals surface area contributed by atoms with E-state index in [0.29, 0.717) is 12.1 Å². The zero-order valence-corrected chi connectivity index (χ0v) is 44.2. The van der Waals surface area contributed by atoms with Gasteiger partial charge >= 0.3 is 23.9 Å². The molecule has 2 heterocycles. The van der Waals surface area contributed by atoms with Crippen molar-refractivity contribution in [2.45, 2.75) is 217 Å². The molecule has 18 atom stereocenters. The van der Waals surface area contributed by atoms with E-state index in [-0.39, 0.29) is 63.2 Å². The number of amides is 2. The first-order valence-corrected chi connectivity index (χ1v) is 26.2. The predicted octanol–water partition coefficient (Wildman–Crippen LogP) is 3.12. The molecule has 0 aromatic rings. The molecule has 0 aliphatic carbocycles. The van der Waals surface area contributed by atoms with E-state index in [9.17, 15) is 75.3 Å². The maximum absolute atomic E-state index is 13.2. The minimum atomic E-state index is -2.53. The van der Waals surface area contributed by atoms with Gasteiger partial charge in [-0.3, -0.25) is 9.59 Å². The molecule has 0 spiro atoms. The lowest BCUT2D eigenvalue weighted by Crippen LogP contribution is -2.60. The zero-order chi connectivity index (χ0) is 55.7. The van der Waals surface area contributed by atoms with E-state index in [1.807, 2.05) is 26.0 Å². The molecule has 2 amide bonds. The number of nitrogens with two attached hydrogens (primary N) is 1. The summed E-state index contributed by atoms with van der Waals surface area (Å²) in [4.78, 5) is 48.0. The number of carbonyl (C=O) groups excluding carboxylic acids is 3. The van der Waals surface area contributed by atoms with Crippen LogP contribution in [0, 0.1) is 29.6 Å². The number of urea groups is 1. The van der Waals surface area contributed by atoms with E-state index in [4.69, 9.17) is 19.9 Å². The van der Waals surface area contributed by atoms with E-state index in [2.05, 4.69) is 11.4 Å². The van der Waals surface area contributed by atoms with Gasteiger partial charge in [0.1, 0.15) is 24.7 Å². The van der Waals surface area contributed by atoms with Crippen molar-refractivity contribution in [3.8, 4) is 0 Å². The normalized spacial score (nSPS) is 35.9. The maximum atomic E-state index is 13.2. The molecule has 2 rings (SSSR count). The number of hydrogen-bond donors (Lipinski definition) is 13. The lowest BCUT2D eigenvalue weighted by Gasteiger charge is -2.45. The second-order valence-electron chi connectivity index (χ2n) is 20.9. The molecule has 20 heteroatoms. The Bertz CT molecular complexity index is 1840. The number of unbranched alkanes of at least 4 members (excludes halogenated alkanes) is 2. The van der Waals surface area contributed by atoms with Gasteiger partial charge in [-0.2, -0.15) is 0 Å². The molecule has 0 aromatic heterocycles. The number of aliphatic hydroxyl groups is 10. The van der Waals surface area contributed by atoms with Crippen LogP contribution < -0.4 is 11.1 Å². The molecular weight excluding hydrogens is 965 g/mol. The Morgan fingerprint density at radius 2 is 1.45 bits per heavy atom. The summed E-state index contributed by atoms with van der Waals surface area (Å²) in [6.07, 6.45) is 1.45. The lowest BCUT2D eigenvalue weighted by molar-refractivity contribution is -0.333. The number of carboxylic acid groups (broad SMARTS) is 1. The SMILES string of the molecule is CC1=CC=CC(C)C(C(C)CCCC=CCCCNC(N)=O)OC(=O)C=CC=CC(C)C(O)CC(O)C(C)C(O)CCC(C)C(O)CC2(O)OC(CC(OC(=O)CC(=O)O)CC(O)CC(O)CC1O)CC(O)C2O. The number of aliphatic carboxylic acids is 1. The number of nitrogens with one attached hydrogen (secondary N) is 1. The molecule has 18 unspecified atom stereocenters. The number of primary amides is 1. The van der Waals surface area contributed by atoms with Gasteiger partial charge in [0.05, 0.1) is 54.9 Å². The van der Waals surface area contributed by atoms with Crippen molar-refractivity contribution in [3.63, 3.8) is 0 Å². The monoisotopic (exact) mass is 1050 g/mol. The van der Waals surface area contributed by atoms with E-state index in [1.165, 1.54) is 12.2 Å². The summed E-state index contributed by atoms with van der Waals surface area (Å²) in [7, 11) is 0. The van der Waals surface area contributed by atoms with Crippen LogP contribution in [-0.2, 0) is 28.6 Å². The Hall–Kier alpha value is -4.06. The van der Waals surface area contributed by atoms with Crippen LogP contribution in [0.4, 0.5) is 4.79 Å². The number of cyclic esters (lactones) is 1. The van der Waals surface area contributed by atoms with Crippen LogP contribution in [0.5, 0.6) is 0 Å². The average molecular weight is 1060 g/mol. The number of rotatable bonds is 12. The minimum absolute atomic E-state index is 0.0805. The number of esters is 2. The van der Waals surface area contributed by atoms with Gasteiger partial charge in [-0.15, -0.1) is 0 Å². The Labute approximate surface area is 436 Å². The number of fused-ring (bicyclic) bond motifs is 2. The van der Waals surface area contributed by atoms with Crippen molar-refractivity contribution in [2.75, 3.05) is 6.54 Å². The van der Waals surface area contributed by atoms with Gasteiger partial charge in [0.15, 0.2) is 5.79 Å². The first-order chi connectivity index (χ1) is 34.7. The third-order valence-corrected chi connectivity index (χ3v) is 14.2. The Morgan fingerprint density at radius 3 is 2.11 bits per heavy atom. The molecule has 1 saturated heterocycles. The molecule has 14 N–H and O–H groups in total. The van der Waals surface area contributed by atoms with Gasteiger partial charge in [0.2, 0.25) is 0 Å². The fourth-order valence-electron chi connectivity index (χ4n) is 9.24. The number of carboxylic acids is 1. The zero-order valence-electron chi connectivity index (χ0n) is 44.2. The Balaban J connectivity index is 2.41. The highest BCUT2D eigenvalue weighted by molar-refractivity contribution is 5.90. The highest BCUT2D eigenvalue weighted by Crippen LogP contribution is 2.36. The van der Waals surface area contributed by atoms with Crippen molar-refractivity contribution in [1.29, 1.82) is 0 Å². The quantitative estimate of drug-likeness (QED) is 0.0578. The summed E-state index contributed by atoms with van der Waals surface area (Å²) in [5.41, 5.74) is 5.58. The second kappa shape index (κ2) is 33.9. The lowest BCUT2D eigenvalue weighted by atomic mass is 9.84. The minimum Gasteiger partial charge on any atom is -0.481 e. The van der Waals surface area contributed by atoms with Crippen LogP contribution in [0.3, 0.4) is 0 Å². The van der Waals surface area contributed by atoms with Crippen molar-refractivity contribution >= 4 is 23.9 Å². The molecule has 2 aliphatic heterocycles. The van der Waals surface area contributed by atoms with Crippen molar-refractivity contribution in [2.24, 2.45) is 35.3 Å². The highest BCUT2D eigenvalue weighted by atomic mass is 16.7. The maximum Gasteiger partial charge on any atom is 0.331 e. The molecule has 424 valence electrons. The van der Waals surface area contributed by atoms with Gasteiger partial charge in [0, 0.05) is 68.9 Å². The molecular formula is C54H90N2O18. The predicted molar refractivity (Wildman–Crippen MR) is 274 cm³/mol. The Kier molecular flexibility index (Phi) is 30.2. The van der Waals surface area contributed by atoms with Crippen molar-refractivity contribution in [3.05, 3.63) is 60.3 Å². The molecule has 0 saturated carbocycles. The van der Waals surface area contributed by atoms with Crippen molar-refractivity contribution < 1.29 is 89.6 Å². The van der Waals surface area contributed by atoms with Gasteiger partial charge in [-0.1, -0.05) is 83.2 Å². The molecule has 0 radical (unpaired) electrons. The molecule has 1 fully saturated rings. The average Bonchev–Trinajstić information content (AvgIpc) is 3.30. The smallest absolute Gasteiger partial charge is 0.331 e. The summed E-state index contributed by atoms with van der Waals surface area (Å²) in [6.45, 7) is 11.0. The van der Waals surface area contributed by atoms with Crippen LogP contribution in [0.1, 0.15) is 138 Å². The van der Waals surface area contributed by atoms with E-state index >= 15 is 0 Å². The summed E-state index contributed by atoms with van der Waals surface area (Å²) >= 11 is 0. The largest absolute Gasteiger partial charge is 0.481 e. The highest BCUT2D eigenvalue weighted by Gasteiger charge is 2.50. The number of carbonyl (C=O) groups is 4. The summed E-state index contributed by atoms with van der Waals surface area (Å²) in [5.74, 6) is -7.93. The van der Waals surface area contributed by atoms with E-state index < -0.39 is 134 Å². The van der Waals surface area contributed by atoms with Crippen LogP contribution in [0.15, 0.2) is 60.3 Å². The van der Waals surface area contributed by atoms with E-state index in [0.717, 1.165) is 32.1 Å². The molecule has 74 heavy (non-hydrogen) atoms. The second-order valence-corrected chi connectivity index (χ2v) is 20.9. The van der Waals surface area contributed by atoms with Gasteiger partial charge in [-0.05, 0) is 75.7 Å². The molecule has 20 nitrogen and oxygen atoms in total. The summed E-state index contributed by atoms with van der Waals surface area (Å²) in [6, 6.07) is -0.563. The van der Waals surface area contributed by atoms with Gasteiger partial charge in [-0.25, -0.2) is 9.59 Å². The first-order valence-electron chi connectivity index (χ1n) is 26.2. The molecule has 2 bridgehead atoms. The van der Waals surface area contributed by atoms with E-state index in [1.54, 1.807) is 52.0 Å². The number of allylic oxidation sites excluding steroid dienone is 6. The van der Waals surface area contributed by atoms with Gasteiger partial charge < -0.3 is 81.4 Å². The molecule has 0 aromatic carbocycles. The first kappa shape index (κ1) is 66.1. The third kappa shape index (κ3) is 25.2. The summed E-state index contributed by atoms with van der Waals surface area (Å²) in [5, 5.41) is 122. The van der Waals surface area contributed by atoms with Gasteiger partial charge in [0.25, 0.3) is 0 Å². The summed E-state index contributed by atoms with van der Waals surface area (Å²) < 4.78 is 17.3.